The van der Waals surface area contributed by atoms with Gasteiger partial charge in [0.1, 0.15) is 48.3 Å². The number of carbonyl (C=O) groups is 10. The Hall–Kier alpha value is -7.31. The summed E-state index contributed by atoms with van der Waals surface area (Å²) >= 11 is 1.28. The van der Waals surface area contributed by atoms with Crippen molar-refractivity contribution in [1.29, 1.82) is 0 Å². The number of carboxylic acid groups (broad SMARTS) is 1. The van der Waals surface area contributed by atoms with Crippen molar-refractivity contribution in [3.05, 3.63) is 57.8 Å². The lowest BCUT2D eigenvalue weighted by Gasteiger charge is -2.42. The third kappa shape index (κ3) is 16.8. The van der Waals surface area contributed by atoms with E-state index in [1.54, 1.807) is 35.7 Å². The number of β-amino-alcohol motifs (C(OH)–C–C–N with tert-alkyl or cyclic N) is 1. The number of amides is 9. The Balaban J connectivity index is 1.03. The van der Waals surface area contributed by atoms with E-state index < -0.39 is 133 Å². The molecule has 9 amide bonds. The number of carbonyl (C=O) groups excluding carboxylic acids is 9. The molecule has 12 atom stereocenters. The summed E-state index contributed by atoms with van der Waals surface area (Å²) in [5.41, 5.74) is 29.7. The minimum atomic E-state index is -1.65. The monoisotopic (exact) mass is 1220 g/mol. The zero-order valence-electron chi connectivity index (χ0n) is 48.4. The number of rotatable bonds is 28. The van der Waals surface area contributed by atoms with Crippen LogP contribution in [0.4, 0.5) is 0 Å². The van der Waals surface area contributed by atoms with Crippen LogP contribution in [-0.2, 0) is 67.3 Å². The van der Waals surface area contributed by atoms with Gasteiger partial charge in [0.25, 0.3) is 0 Å². The van der Waals surface area contributed by atoms with Crippen LogP contribution in [0.1, 0.15) is 106 Å². The summed E-state index contributed by atoms with van der Waals surface area (Å²) in [5.74, 6) is -7.73. The molecule has 5 aliphatic rings. The van der Waals surface area contributed by atoms with E-state index >= 15 is 4.79 Å². The van der Waals surface area contributed by atoms with Crippen molar-refractivity contribution >= 4 is 76.4 Å². The number of fused-ring (bicyclic) bond motifs is 2. The number of thiophene rings is 1. The molecule has 0 radical (unpaired) electrons. The van der Waals surface area contributed by atoms with Gasteiger partial charge in [-0.05, 0) is 112 Å². The van der Waals surface area contributed by atoms with Gasteiger partial charge < -0.3 is 90.2 Å². The number of hydrogen-bond donors (Lipinski definition) is 13. The number of likely N-dealkylation sites (tertiary alicyclic amines) is 3. The molecule has 0 unspecified atom stereocenters. The molecular formula is C57H85N15O13S. The van der Waals surface area contributed by atoms with E-state index in [0.29, 0.717) is 49.1 Å². The molecule has 2 aromatic rings. The summed E-state index contributed by atoms with van der Waals surface area (Å²) in [5, 5.41) is 46.7. The maximum absolute atomic E-state index is 15.3. The first kappa shape index (κ1) is 66.2. The Morgan fingerprint density at radius 3 is 2.08 bits per heavy atom. The predicted molar refractivity (Wildman–Crippen MR) is 314 cm³/mol. The van der Waals surface area contributed by atoms with Crippen molar-refractivity contribution in [3.63, 3.8) is 0 Å². The number of aliphatic imine (C=N–C) groups is 1. The molecule has 472 valence electrons. The highest BCUT2D eigenvalue weighted by molar-refractivity contribution is 7.09. The number of nitrogens with one attached hydrogen (secondary N) is 5. The zero-order valence-corrected chi connectivity index (χ0v) is 49.2. The molecule has 7 rings (SSSR count). The summed E-state index contributed by atoms with van der Waals surface area (Å²) in [6, 6.07) is -0.598. The summed E-state index contributed by atoms with van der Waals surface area (Å²) in [6.07, 6.45) is 4.15. The van der Waals surface area contributed by atoms with E-state index in [1.165, 1.54) is 30.9 Å². The second-order valence-corrected chi connectivity index (χ2v) is 23.9. The van der Waals surface area contributed by atoms with E-state index in [4.69, 9.17) is 28.7 Å². The number of hydrogen-bond acceptors (Lipinski definition) is 17. The van der Waals surface area contributed by atoms with Gasteiger partial charge in [-0.25, -0.2) is 4.79 Å². The lowest BCUT2D eigenvalue weighted by atomic mass is 9.84. The fraction of sp³-hybridized carbons (Fsp3) is 0.632. The number of nitrogens with zero attached hydrogens (tertiary/aromatic N) is 5. The highest BCUT2D eigenvalue weighted by atomic mass is 32.1. The number of aliphatic carboxylic acids is 1. The van der Waals surface area contributed by atoms with Gasteiger partial charge in [-0.3, -0.25) is 48.1 Å². The number of guanidine groups is 1. The van der Waals surface area contributed by atoms with Crippen molar-refractivity contribution in [2.24, 2.45) is 39.6 Å². The highest BCUT2D eigenvalue weighted by Gasteiger charge is 2.52. The van der Waals surface area contributed by atoms with Crippen LogP contribution in [0.2, 0.25) is 0 Å². The summed E-state index contributed by atoms with van der Waals surface area (Å²) < 4.78 is 0. The zero-order chi connectivity index (χ0) is 62.2. The molecule has 86 heavy (non-hydrogen) atoms. The van der Waals surface area contributed by atoms with Crippen molar-refractivity contribution in [3.8, 4) is 0 Å². The Morgan fingerprint density at radius 2 is 1.38 bits per heavy atom. The molecule has 4 aliphatic heterocycles. The predicted octanol–water partition coefficient (Wildman–Crippen LogP) is -3.65. The Bertz CT molecular complexity index is 2770. The Morgan fingerprint density at radius 1 is 0.686 bits per heavy atom. The van der Waals surface area contributed by atoms with Crippen LogP contribution < -0.4 is 55.3 Å². The molecule has 1 aliphatic carbocycles. The van der Waals surface area contributed by atoms with Crippen LogP contribution in [0.25, 0.3) is 0 Å². The van der Waals surface area contributed by atoms with Gasteiger partial charge in [-0.15, -0.1) is 11.3 Å². The standard InChI is InChI=1S/C57H85N15O13S/c58-19-5-14-37(60)48(76)66-38(15-6-20-59)52(80)69-22-8-18-43(69)54(82)71-30-35(74)26-44(71)50(78)64-28-47(75)65-40(27-36-13-9-23-86-36)49(77)68-41(31-73)53(81)70-29-34-12-2-1-10-32(34)24-46(70)55(83)72-42-17-4-3-11-33(42)25-45(72)51(79)67-39(56(84)85)16-7-21-63-57(61)62/h1-2,9-10,12-13,23,33,35,37-46,73-74H,3-8,11,14-22,24-31,58-60H2,(H,64,78)(H,65,75)(H,66,76)(H,67,79)(H,68,77)(H,84,85)(H4,61,62,63)/t33-,35+,37+,38-,39-,40-,41-,42-,43-,44-,45-,46+/m0/s1. The van der Waals surface area contributed by atoms with Gasteiger partial charge in [0, 0.05) is 56.4 Å². The van der Waals surface area contributed by atoms with Gasteiger partial charge in [0.15, 0.2) is 5.96 Å². The topological polar surface area (TPSA) is 447 Å². The van der Waals surface area contributed by atoms with Crippen LogP contribution in [0.3, 0.4) is 0 Å². The second-order valence-electron chi connectivity index (χ2n) is 22.9. The molecule has 0 spiro atoms. The summed E-state index contributed by atoms with van der Waals surface area (Å²) in [6.45, 7) is -1.10. The Labute approximate surface area is 503 Å². The molecule has 4 fully saturated rings. The van der Waals surface area contributed by atoms with Crippen LogP contribution in [0, 0.1) is 5.92 Å². The maximum atomic E-state index is 15.3. The average molecular weight is 1220 g/mol. The SMILES string of the molecule is NCCC[C@@H](N)C(=O)N[C@@H](CCCN)C(=O)N1CCC[C@H]1C(=O)N1C[C@H](O)C[C@H]1C(=O)NCC(=O)N[C@@H](Cc1cccs1)C(=O)N[C@@H](CO)C(=O)N1Cc2ccccc2C[C@@H]1C(=O)N1[C@H](C(=O)N[C@@H](CCCN=C(N)N)C(=O)O)C[C@@H]2CCCC[C@@H]21. The molecule has 1 saturated carbocycles. The fourth-order valence-corrected chi connectivity index (χ4v) is 13.3. The van der Waals surface area contributed by atoms with Crippen molar-refractivity contribution in [2.45, 2.75) is 176 Å². The largest absolute Gasteiger partial charge is 0.480 e. The summed E-state index contributed by atoms with van der Waals surface area (Å²) in [4.78, 5) is 150. The third-order valence-corrected chi connectivity index (χ3v) is 17.8. The minimum Gasteiger partial charge on any atom is -0.480 e. The quantitative estimate of drug-likeness (QED) is 0.0222. The first-order chi connectivity index (χ1) is 41.2. The third-order valence-electron chi connectivity index (χ3n) is 16.9. The Kier molecular flexibility index (Phi) is 24.2. The molecule has 3 saturated heterocycles. The first-order valence-corrected chi connectivity index (χ1v) is 30.7. The van der Waals surface area contributed by atoms with Gasteiger partial charge >= 0.3 is 5.97 Å². The lowest BCUT2D eigenvalue weighted by Crippen LogP contribution is -2.63. The van der Waals surface area contributed by atoms with Crippen molar-refractivity contribution < 1.29 is 63.3 Å². The van der Waals surface area contributed by atoms with Crippen LogP contribution in [0.5, 0.6) is 0 Å². The molecule has 29 heteroatoms. The average Bonchev–Trinajstić information content (AvgIpc) is 1.59. The van der Waals surface area contributed by atoms with E-state index in [1.807, 2.05) is 6.07 Å². The number of nitrogens with two attached hydrogens (primary N) is 5. The molecule has 0 bridgehead atoms. The summed E-state index contributed by atoms with van der Waals surface area (Å²) in [7, 11) is 0. The van der Waals surface area contributed by atoms with Gasteiger partial charge in [-0.2, -0.15) is 0 Å². The number of carboxylic acids is 1. The normalized spacial score (nSPS) is 23.3. The van der Waals surface area contributed by atoms with E-state index in [9.17, 15) is 58.5 Å². The fourth-order valence-electron chi connectivity index (χ4n) is 12.5. The molecule has 5 heterocycles. The van der Waals surface area contributed by atoms with Crippen LogP contribution >= 0.6 is 11.3 Å². The molecule has 1 aromatic carbocycles. The minimum absolute atomic E-state index is 0.00724. The highest BCUT2D eigenvalue weighted by Crippen LogP contribution is 2.41. The number of aliphatic hydroxyl groups is 2. The first-order valence-electron chi connectivity index (χ1n) is 29.8. The second kappa shape index (κ2) is 31.4. The molecule has 1 aromatic heterocycles. The molecule has 28 nitrogen and oxygen atoms in total. The van der Waals surface area contributed by atoms with Crippen molar-refractivity contribution in [2.75, 3.05) is 45.9 Å². The molecular weight excluding hydrogens is 1130 g/mol. The number of benzene rings is 1. The lowest BCUT2D eigenvalue weighted by molar-refractivity contribution is -0.153. The van der Waals surface area contributed by atoms with Gasteiger partial charge in [-0.1, -0.05) is 43.2 Å². The maximum Gasteiger partial charge on any atom is 0.326 e. The van der Waals surface area contributed by atoms with Crippen LogP contribution in [-0.4, -0.2) is 212 Å². The number of aliphatic hydroxyl groups excluding tert-OH is 2. The smallest absolute Gasteiger partial charge is 0.326 e. The van der Waals surface area contributed by atoms with E-state index in [0.717, 1.165) is 24.8 Å². The van der Waals surface area contributed by atoms with E-state index in [2.05, 4.69) is 31.6 Å². The van der Waals surface area contributed by atoms with Gasteiger partial charge in [0.2, 0.25) is 53.2 Å². The van der Waals surface area contributed by atoms with E-state index in [-0.39, 0.29) is 102 Å². The van der Waals surface area contributed by atoms with Gasteiger partial charge in [0.05, 0.1) is 25.3 Å². The van der Waals surface area contributed by atoms with Crippen molar-refractivity contribution in [1.82, 2.24) is 46.2 Å². The van der Waals surface area contributed by atoms with Crippen LogP contribution in [0.15, 0.2) is 46.8 Å². The molecule has 18 N–H and O–H groups in total.